The van der Waals surface area contributed by atoms with E-state index in [1.165, 1.54) is 12.1 Å². The van der Waals surface area contributed by atoms with Crippen molar-refractivity contribution in [3.63, 3.8) is 0 Å². The SMILES string of the molecule is O=C(O)C1C2CCC(C2)C1NCc1ccc(O)c(F)c1. The molecule has 1 aromatic rings. The van der Waals surface area contributed by atoms with Crippen LogP contribution in [0.1, 0.15) is 24.8 Å². The number of carbonyl (C=O) groups is 1. The number of phenols is 1. The summed E-state index contributed by atoms with van der Waals surface area (Å²) < 4.78 is 13.3. The van der Waals surface area contributed by atoms with E-state index < -0.39 is 11.8 Å². The van der Waals surface area contributed by atoms with Gasteiger partial charge in [0.15, 0.2) is 11.6 Å². The van der Waals surface area contributed by atoms with Crippen molar-refractivity contribution in [2.75, 3.05) is 0 Å². The molecule has 0 spiro atoms. The highest BCUT2D eigenvalue weighted by molar-refractivity contribution is 5.72. The molecule has 108 valence electrons. The predicted octanol–water partition coefficient (Wildman–Crippen LogP) is 2.12. The topological polar surface area (TPSA) is 69.6 Å². The Morgan fingerprint density at radius 2 is 2.10 bits per heavy atom. The molecule has 2 aliphatic carbocycles. The Labute approximate surface area is 116 Å². The summed E-state index contributed by atoms with van der Waals surface area (Å²) in [5, 5.41) is 21.8. The Morgan fingerprint density at radius 3 is 2.80 bits per heavy atom. The number of fused-ring (bicyclic) bond motifs is 2. The van der Waals surface area contributed by atoms with Crippen LogP contribution in [0.5, 0.6) is 5.75 Å². The monoisotopic (exact) mass is 279 g/mol. The molecule has 2 fully saturated rings. The van der Waals surface area contributed by atoms with Crippen LogP contribution in [-0.4, -0.2) is 22.2 Å². The van der Waals surface area contributed by atoms with Gasteiger partial charge in [-0.2, -0.15) is 0 Å². The maximum atomic E-state index is 13.3. The van der Waals surface area contributed by atoms with E-state index in [4.69, 9.17) is 5.11 Å². The fraction of sp³-hybridized carbons (Fsp3) is 0.533. The quantitative estimate of drug-likeness (QED) is 0.789. The van der Waals surface area contributed by atoms with E-state index in [9.17, 15) is 14.3 Å². The summed E-state index contributed by atoms with van der Waals surface area (Å²) in [5.74, 6) is -1.36. The molecule has 0 amide bonds. The number of phenolic OH excluding ortho intramolecular Hbond substituents is 1. The first-order valence-corrected chi connectivity index (χ1v) is 7.00. The lowest BCUT2D eigenvalue weighted by Crippen LogP contribution is -2.43. The Morgan fingerprint density at radius 1 is 1.35 bits per heavy atom. The minimum atomic E-state index is -0.730. The lowest BCUT2D eigenvalue weighted by Gasteiger charge is -2.29. The summed E-state index contributed by atoms with van der Waals surface area (Å²) in [6.07, 6.45) is 3.07. The van der Waals surface area contributed by atoms with Crippen LogP contribution in [0.4, 0.5) is 4.39 Å². The van der Waals surface area contributed by atoms with Gasteiger partial charge in [0.2, 0.25) is 0 Å². The molecule has 4 atom stereocenters. The van der Waals surface area contributed by atoms with Crippen LogP contribution in [0, 0.1) is 23.6 Å². The second kappa shape index (κ2) is 5.05. The van der Waals surface area contributed by atoms with Gasteiger partial charge in [-0.15, -0.1) is 0 Å². The number of carboxylic acid groups (broad SMARTS) is 1. The minimum Gasteiger partial charge on any atom is -0.505 e. The van der Waals surface area contributed by atoms with Crippen LogP contribution < -0.4 is 5.32 Å². The van der Waals surface area contributed by atoms with Crippen molar-refractivity contribution in [1.82, 2.24) is 5.32 Å². The molecule has 3 N–H and O–H groups in total. The van der Waals surface area contributed by atoms with Crippen molar-refractivity contribution in [2.45, 2.75) is 31.8 Å². The van der Waals surface area contributed by atoms with E-state index >= 15 is 0 Å². The van der Waals surface area contributed by atoms with Gasteiger partial charge in [0, 0.05) is 12.6 Å². The highest BCUT2D eigenvalue weighted by Gasteiger charge is 2.50. The van der Waals surface area contributed by atoms with E-state index in [-0.39, 0.29) is 23.6 Å². The van der Waals surface area contributed by atoms with Crippen LogP contribution in [0.15, 0.2) is 18.2 Å². The van der Waals surface area contributed by atoms with Crippen molar-refractivity contribution in [3.8, 4) is 5.75 Å². The number of aromatic hydroxyl groups is 1. The van der Waals surface area contributed by atoms with Crippen LogP contribution >= 0.6 is 0 Å². The predicted molar refractivity (Wildman–Crippen MR) is 70.6 cm³/mol. The molecule has 1 aromatic carbocycles. The Bertz CT molecular complexity index is 534. The normalized spacial score (nSPS) is 31.6. The summed E-state index contributed by atoms with van der Waals surface area (Å²) in [6.45, 7) is 0.425. The Hall–Kier alpha value is -1.62. The average molecular weight is 279 g/mol. The summed E-state index contributed by atoms with van der Waals surface area (Å²) in [4.78, 5) is 11.4. The summed E-state index contributed by atoms with van der Waals surface area (Å²) >= 11 is 0. The molecule has 5 heteroatoms. The van der Waals surface area contributed by atoms with Crippen molar-refractivity contribution in [1.29, 1.82) is 0 Å². The molecule has 0 saturated heterocycles. The molecule has 3 rings (SSSR count). The molecule has 4 nitrogen and oxygen atoms in total. The molecular formula is C15H18FNO3. The van der Waals surface area contributed by atoms with Crippen molar-refractivity contribution in [3.05, 3.63) is 29.6 Å². The number of aliphatic carboxylic acids is 1. The maximum absolute atomic E-state index is 13.3. The number of hydrogen-bond acceptors (Lipinski definition) is 3. The van der Waals surface area contributed by atoms with Gasteiger partial charge in [0.05, 0.1) is 5.92 Å². The molecule has 4 unspecified atom stereocenters. The van der Waals surface area contributed by atoms with E-state index in [0.29, 0.717) is 18.0 Å². The van der Waals surface area contributed by atoms with Gasteiger partial charge in [-0.1, -0.05) is 6.07 Å². The van der Waals surface area contributed by atoms with Crippen LogP contribution in [0.3, 0.4) is 0 Å². The van der Waals surface area contributed by atoms with E-state index in [0.717, 1.165) is 19.3 Å². The second-order valence-corrected chi connectivity index (χ2v) is 5.89. The highest BCUT2D eigenvalue weighted by Crippen LogP contribution is 2.48. The number of hydrogen-bond donors (Lipinski definition) is 3. The highest BCUT2D eigenvalue weighted by atomic mass is 19.1. The van der Waals surface area contributed by atoms with E-state index in [2.05, 4.69) is 5.32 Å². The number of benzene rings is 1. The maximum Gasteiger partial charge on any atom is 0.308 e. The molecule has 0 radical (unpaired) electrons. The number of halogens is 1. The zero-order chi connectivity index (χ0) is 14.3. The smallest absolute Gasteiger partial charge is 0.308 e. The molecule has 0 heterocycles. The zero-order valence-corrected chi connectivity index (χ0v) is 11.1. The second-order valence-electron chi connectivity index (χ2n) is 5.89. The van der Waals surface area contributed by atoms with Crippen molar-refractivity contribution < 1.29 is 19.4 Å². The molecule has 0 aliphatic heterocycles. The van der Waals surface area contributed by atoms with Gasteiger partial charge in [-0.05, 0) is 48.8 Å². The van der Waals surface area contributed by atoms with Crippen LogP contribution in [-0.2, 0) is 11.3 Å². The standard InChI is InChI=1S/C15H18FNO3/c16-11-5-8(1-4-12(11)18)7-17-14-10-3-2-9(6-10)13(14)15(19)20/h1,4-5,9-10,13-14,17-18H,2-3,6-7H2,(H,19,20). The van der Waals surface area contributed by atoms with Gasteiger partial charge in [-0.25, -0.2) is 4.39 Å². The third kappa shape index (κ3) is 2.26. The molecule has 2 bridgehead atoms. The summed E-state index contributed by atoms with van der Waals surface area (Å²) in [6, 6.07) is 4.23. The zero-order valence-electron chi connectivity index (χ0n) is 11.1. The Balaban J connectivity index is 1.68. The first-order valence-electron chi connectivity index (χ1n) is 7.00. The van der Waals surface area contributed by atoms with Crippen molar-refractivity contribution >= 4 is 5.97 Å². The number of nitrogens with one attached hydrogen (secondary N) is 1. The number of carboxylic acids is 1. The van der Waals surface area contributed by atoms with E-state index in [1.54, 1.807) is 6.07 Å². The van der Waals surface area contributed by atoms with Gasteiger partial charge in [-0.3, -0.25) is 4.79 Å². The Kier molecular flexibility index (Phi) is 3.38. The van der Waals surface area contributed by atoms with E-state index in [1.807, 2.05) is 0 Å². The molecule has 2 aliphatic rings. The van der Waals surface area contributed by atoms with Gasteiger partial charge >= 0.3 is 5.97 Å². The van der Waals surface area contributed by atoms with Crippen LogP contribution in [0.2, 0.25) is 0 Å². The number of rotatable bonds is 4. The summed E-state index contributed by atoms with van der Waals surface area (Å²) in [7, 11) is 0. The molecular weight excluding hydrogens is 261 g/mol. The first kappa shape index (κ1) is 13.4. The lowest BCUT2D eigenvalue weighted by molar-refractivity contribution is -0.144. The van der Waals surface area contributed by atoms with Gasteiger partial charge in [0.1, 0.15) is 0 Å². The third-order valence-electron chi connectivity index (χ3n) is 4.76. The van der Waals surface area contributed by atoms with Crippen molar-refractivity contribution in [2.24, 2.45) is 17.8 Å². The fourth-order valence-corrected chi connectivity index (χ4v) is 3.84. The molecule has 0 aromatic heterocycles. The molecule has 2 saturated carbocycles. The average Bonchev–Trinajstić information content (AvgIpc) is 3.00. The fourth-order valence-electron chi connectivity index (χ4n) is 3.84. The first-order chi connectivity index (χ1) is 9.56. The minimum absolute atomic E-state index is 0.0249. The third-order valence-corrected chi connectivity index (χ3v) is 4.76. The lowest BCUT2D eigenvalue weighted by atomic mass is 9.84. The largest absolute Gasteiger partial charge is 0.505 e. The van der Waals surface area contributed by atoms with Gasteiger partial charge < -0.3 is 15.5 Å². The summed E-state index contributed by atoms with van der Waals surface area (Å²) in [5.41, 5.74) is 0.715. The van der Waals surface area contributed by atoms with Gasteiger partial charge in [0.25, 0.3) is 0 Å². The van der Waals surface area contributed by atoms with Crippen LogP contribution in [0.25, 0.3) is 0 Å². The molecule has 20 heavy (non-hydrogen) atoms.